The first kappa shape index (κ1) is 12.9. The standard InChI is InChI=1S/C14H21N3O/c1-3-14-16-12-9-11(15)6-7-13(12)17(14)10(2)5-4-8-18/h6-7,9-10,18H,3-5,8,15H2,1-2H3. The minimum Gasteiger partial charge on any atom is -0.399 e. The second-order valence-corrected chi connectivity index (χ2v) is 4.71. The molecule has 2 aromatic rings. The predicted molar refractivity (Wildman–Crippen MR) is 74.6 cm³/mol. The lowest BCUT2D eigenvalue weighted by Crippen LogP contribution is -2.09. The van der Waals surface area contributed by atoms with Gasteiger partial charge in [0.15, 0.2) is 0 Å². The van der Waals surface area contributed by atoms with E-state index in [4.69, 9.17) is 10.8 Å². The molecule has 0 bridgehead atoms. The Morgan fingerprint density at radius 3 is 2.89 bits per heavy atom. The Kier molecular flexibility index (Phi) is 3.87. The van der Waals surface area contributed by atoms with Gasteiger partial charge >= 0.3 is 0 Å². The number of aryl methyl sites for hydroxylation is 1. The lowest BCUT2D eigenvalue weighted by atomic mass is 10.1. The van der Waals surface area contributed by atoms with Crippen LogP contribution in [0.25, 0.3) is 11.0 Å². The summed E-state index contributed by atoms with van der Waals surface area (Å²) in [6, 6.07) is 6.22. The number of aliphatic hydroxyl groups is 1. The molecule has 0 saturated carbocycles. The van der Waals surface area contributed by atoms with Gasteiger partial charge in [-0.1, -0.05) is 6.92 Å². The summed E-state index contributed by atoms with van der Waals surface area (Å²) in [4.78, 5) is 4.64. The fraction of sp³-hybridized carbons (Fsp3) is 0.500. The van der Waals surface area contributed by atoms with Crippen LogP contribution >= 0.6 is 0 Å². The number of aliphatic hydroxyl groups excluding tert-OH is 1. The zero-order chi connectivity index (χ0) is 13.1. The van der Waals surface area contributed by atoms with Gasteiger partial charge in [-0.2, -0.15) is 0 Å². The van der Waals surface area contributed by atoms with E-state index in [1.54, 1.807) is 0 Å². The molecular weight excluding hydrogens is 226 g/mol. The monoisotopic (exact) mass is 247 g/mol. The van der Waals surface area contributed by atoms with Crippen LogP contribution < -0.4 is 5.73 Å². The SMILES string of the molecule is CCc1nc2cc(N)ccc2n1C(C)CCCO. The maximum absolute atomic E-state index is 8.95. The summed E-state index contributed by atoms with van der Waals surface area (Å²) in [6.07, 6.45) is 2.68. The van der Waals surface area contributed by atoms with Gasteiger partial charge in [0, 0.05) is 24.8 Å². The highest BCUT2D eigenvalue weighted by atomic mass is 16.2. The van der Waals surface area contributed by atoms with Gasteiger partial charge in [-0.15, -0.1) is 0 Å². The number of fused-ring (bicyclic) bond motifs is 1. The highest BCUT2D eigenvalue weighted by Crippen LogP contribution is 2.25. The Labute approximate surface area is 107 Å². The normalized spacial score (nSPS) is 13.1. The minimum absolute atomic E-state index is 0.241. The molecule has 0 radical (unpaired) electrons. The molecule has 1 aromatic heterocycles. The molecule has 0 aliphatic rings. The number of benzene rings is 1. The van der Waals surface area contributed by atoms with Crippen molar-refractivity contribution in [1.82, 2.24) is 9.55 Å². The Bertz CT molecular complexity index is 533. The summed E-state index contributed by atoms with van der Waals surface area (Å²) in [7, 11) is 0. The van der Waals surface area contributed by atoms with E-state index in [1.807, 2.05) is 18.2 Å². The Hall–Kier alpha value is -1.55. The average molecular weight is 247 g/mol. The van der Waals surface area contributed by atoms with Crippen molar-refractivity contribution in [3.63, 3.8) is 0 Å². The highest BCUT2D eigenvalue weighted by Gasteiger charge is 2.14. The first-order chi connectivity index (χ1) is 8.67. The van der Waals surface area contributed by atoms with Crippen LogP contribution in [0.4, 0.5) is 5.69 Å². The van der Waals surface area contributed by atoms with Crippen LogP contribution in [0.2, 0.25) is 0 Å². The number of anilines is 1. The maximum atomic E-state index is 8.95. The maximum Gasteiger partial charge on any atom is 0.109 e. The Morgan fingerprint density at radius 1 is 1.44 bits per heavy atom. The van der Waals surface area contributed by atoms with Crippen LogP contribution in [0.5, 0.6) is 0 Å². The van der Waals surface area contributed by atoms with Crippen LogP contribution in [0.1, 0.15) is 38.6 Å². The van der Waals surface area contributed by atoms with Gasteiger partial charge in [0.05, 0.1) is 11.0 Å². The molecule has 0 amide bonds. The third-order valence-corrected chi connectivity index (χ3v) is 3.32. The van der Waals surface area contributed by atoms with Crippen molar-refractivity contribution in [2.45, 2.75) is 39.2 Å². The molecule has 1 heterocycles. The molecule has 4 nitrogen and oxygen atoms in total. The van der Waals surface area contributed by atoms with Gasteiger partial charge in [-0.25, -0.2) is 4.98 Å². The number of nitrogen functional groups attached to an aromatic ring is 1. The van der Waals surface area contributed by atoms with Crippen LogP contribution in [0.15, 0.2) is 18.2 Å². The molecule has 0 aliphatic carbocycles. The van der Waals surface area contributed by atoms with E-state index in [9.17, 15) is 0 Å². The summed E-state index contributed by atoms with van der Waals surface area (Å²) in [6.45, 7) is 4.53. The first-order valence-electron chi connectivity index (χ1n) is 6.54. The van der Waals surface area contributed by atoms with E-state index in [-0.39, 0.29) is 6.61 Å². The molecule has 1 aromatic carbocycles. The third-order valence-electron chi connectivity index (χ3n) is 3.32. The van der Waals surface area contributed by atoms with Gasteiger partial charge in [0.1, 0.15) is 5.82 Å². The molecule has 1 unspecified atom stereocenters. The summed E-state index contributed by atoms with van der Waals surface area (Å²) >= 11 is 0. The van der Waals surface area contributed by atoms with Crippen molar-refractivity contribution in [2.24, 2.45) is 0 Å². The number of imidazole rings is 1. The highest BCUT2D eigenvalue weighted by molar-refractivity contribution is 5.79. The number of aromatic nitrogens is 2. The summed E-state index contributed by atoms with van der Waals surface area (Å²) in [5.41, 5.74) is 8.64. The molecule has 18 heavy (non-hydrogen) atoms. The van der Waals surface area contributed by atoms with Crippen molar-refractivity contribution in [3.8, 4) is 0 Å². The molecule has 98 valence electrons. The summed E-state index contributed by atoms with van der Waals surface area (Å²) in [5, 5.41) is 8.95. The summed E-state index contributed by atoms with van der Waals surface area (Å²) in [5.74, 6) is 1.08. The quantitative estimate of drug-likeness (QED) is 0.798. The van der Waals surface area contributed by atoms with E-state index >= 15 is 0 Å². The van der Waals surface area contributed by atoms with E-state index in [0.717, 1.165) is 41.8 Å². The van der Waals surface area contributed by atoms with Gasteiger partial charge in [-0.05, 0) is 38.0 Å². The number of rotatable bonds is 5. The molecule has 3 N–H and O–H groups in total. The third kappa shape index (κ3) is 2.34. The van der Waals surface area contributed by atoms with Crippen LogP contribution in [-0.2, 0) is 6.42 Å². The molecule has 0 fully saturated rings. The average Bonchev–Trinajstić information content (AvgIpc) is 2.73. The van der Waals surface area contributed by atoms with Crippen molar-refractivity contribution in [3.05, 3.63) is 24.0 Å². The molecule has 0 saturated heterocycles. The minimum atomic E-state index is 0.241. The van der Waals surface area contributed by atoms with Gasteiger partial charge < -0.3 is 15.4 Å². The molecule has 0 spiro atoms. The van der Waals surface area contributed by atoms with E-state index < -0.39 is 0 Å². The molecule has 2 rings (SSSR count). The van der Waals surface area contributed by atoms with Crippen molar-refractivity contribution >= 4 is 16.7 Å². The first-order valence-corrected chi connectivity index (χ1v) is 6.54. The molecule has 0 aliphatic heterocycles. The topological polar surface area (TPSA) is 64.1 Å². The Balaban J connectivity index is 2.46. The van der Waals surface area contributed by atoms with Crippen LogP contribution in [0, 0.1) is 0 Å². The smallest absolute Gasteiger partial charge is 0.109 e. The predicted octanol–water partition coefficient (Wildman–Crippen LogP) is 2.51. The lowest BCUT2D eigenvalue weighted by Gasteiger charge is -2.16. The molecule has 1 atom stereocenters. The second-order valence-electron chi connectivity index (χ2n) is 4.71. The van der Waals surface area contributed by atoms with Crippen LogP contribution in [0.3, 0.4) is 0 Å². The van der Waals surface area contributed by atoms with E-state index in [0.29, 0.717) is 6.04 Å². The number of nitrogens with zero attached hydrogens (tertiary/aromatic N) is 2. The van der Waals surface area contributed by atoms with Gasteiger partial charge in [0.25, 0.3) is 0 Å². The largest absolute Gasteiger partial charge is 0.399 e. The lowest BCUT2D eigenvalue weighted by molar-refractivity contribution is 0.274. The van der Waals surface area contributed by atoms with Crippen molar-refractivity contribution in [1.29, 1.82) is 0 Å². The number of nitrogens with two attached hydrogens (primary N) is 1. The van der Waals surface area contributed by atoms with E-state index in [2.05, 4.69) is 23.4 Å². The molecular formula is C14H21N3O. The van der Waals surface area contributed by atoms with E-state index in [1.165, 1.54) is 0 Å². The summed E-state index contributed by atoms with van der Waals surface area (Å²) < 4.78 is 2.27. The van der Waals surface area contributed by atoms with Crippen molar-refractivity contribution in [2.75, 3.05) is 12.3 Å². The van der Waals surface area contributed by atoms with Gasteiger partial charge in [-0.3, -0.25) is 0 Å². The fourth-order valence-corrected chi connectivity index (χ4v) is 2.42. The fourth-order valence-electron chi connectivity index (χ4n) is 2.42. The van der Waals surface area contributed by atoms with Crippen LogP contribution in [-0.4, -0.2) is 21.3 Å². The number of hydrogen-bond acceptors (Lipinski definition) is 3. The zero-order valence-corrected chi connectivity index (χ0v) is 11.1. The second kappa shape index (κ2) is 5.40. The zero-order valence-electron chi connectivity index (χ0n) is 11.1. The van der Waals surface area contributed by atoms with Gasteiger partial charge in [0.2, 0.25) is 0 Å². The number of hydrogen-bond donors (Lipinski definition) is 2. The molecule has 4 heteroatoms. The van der Waals surface area contributed by atoms with Crippen molar-refractivity contribution < 1.29 is 5.11 Å². The Morgan fingerprint density at radius 2 is 2.22 bits per heavy atom.